The quantitative estimate of drug-likeness (QED) is 0.0966. The van der Waals surface area contributed by atoms with Crippen LogP contribution in [0.1, 0.15) is 66.7 Å². The summed E-state index contributed by atoms with van der Waals surface area (Å²) >= 11 is 1.74. The molecule has 0 spiro atoms. The van der Waals surface area contributed by atoms with Crippen molar-refractivity contribution in [1.29, 1.82) is 5.26 Å². The number of allylic oxidation sites excluding steroid dienone is 7. The van der Waals surface area contributed by atoms with Crippen molar-refractivity contribution in [3.63, 3.8) is 0 Å². The molecule has 0 aromatic carbocycles. The number of anilines is 1. The van der Waals surface area contributed by atoms with Gasteiger partial charge < -0.3 is 11.1 Å². The highest BCUT2D eigenvalue weighted by Gasteiger charge is 2.14. The summed E-state index contributed by atoms with van der Waals surface area (Å²) in [4.78, 5) is 12.1. The molecule has 0 aliphatic heterocycles. The van der Waals surface area contributed by atoms with E-state index in [4.69, 9.17) is 11.0 Å². The number of nitrogens with one attached hydrogen (secondary N) is 1. The van der Waals surface area contributed by atoms with E-state index in [1.807, 2.05) is 0 Å². The van der Waals surface area contributed by atoms with Crippen LogP contribution in [0.3, 0.4) is 0 Å². The van der Waals surface area contributed by atoms with Gasteiger partial charge in [0.1, 0.15) is 5.84 Å². The molecule has 34 heavy (non-hydrogen) atoms. The monoisotopic (exact) mass is 480 g/mol. The third-order valence-electron chi connectivity index (χ3n) is 5.00. The average Bonchev–Trinajstić information content (AvgIpc) is 2.79. The highest BCUT2D eigenvalue weighted by atomic mass is 32.2. The minimum Gasteiger partial charge on any atom is -0.385 e. The Hall–Kier alpha value is -2.85. The van der Waals surface area contributed by atoms with Crippen molar-refractivity contribution in [3.8, 4) is 6.19 Å². The Morgan fingerprint density at radius 3 is 2.38 bits per heavy atom. The number of rotatable bonds is 15. The van der Waals surface area contributed by atoms with E-state index in [2.05, 4.69) is 79.2 Å². The lowest BCUT2D eigenvalue weighted by Gasteiger charge is -2.16. The van der Waals surface area contributed by atoms with E-state index in [9.17, 15) is 0 Å². The SMILES string of the molecule is CC(C)=CCCC(C)=CCCC(=CCSCC(Nc1ncccn1)/C(N)=N/C#N)CC=C(C)C. The number of nitriles is 1. The molecule has 1 atom stereocenters. The molecule has 6 nitrogen and oxygen atoms in total. The summed E-state index contributed by atoms with van der Waals surface area (Å²) in [5, 5.41) is 12.1. The second-order valence-electron chi connectivity index (χ2n) is 8.70. The number of aliphatic imine (C=N–C) groups is 1. The molecule has 0 fully saturated rings. The molecule has 0 aliphatic rings. The zero-order valence-electron chi connectivity index (χ0n) is 21.3. The van der Waals surface area contributed by atoms with Crippen molar-refractivity contribution in [2.75, 3.05) is 16.8 Å². The van der Waals surface area contributed by atoms with Gasteiger partial charge in [-0.3, -0.25) is 0 Å². The third kappa shape index (κ3) is 14.3. The minimum absolute atomic E-state index is 0.241. The van der Waals surface area contributed by atoms with Gasteiger partial charge in [-0.2, -0.15) is 22.0 Å². The molecule has 1 heterocycles. The standard InChI is InChI=1S/C27H40N6S/c1-21(2)9-6-10-23(5)11-7-12-24(14-13-22(3)4)15-18-34-19-25(26(29)32-20-28)33-27-30-16-8-17-31-27/h8-9,11,13,15-17,25H,6-7,10,12,14,18-19H2,1-5H3,(H2,29,32)(H,30,31,33). The summed E-state index contributed by atoms with van der Waals surface area (Å²) in [6.07, 6.45) is 19.7. The van der Waals surface area contributed by atoms with Gasteiger partial charge >= 0.3 is 0 Å². The topological polar surface area (TPSA) is 100.0 Å². The number of amidine groups is 1. The van der Waals surface area contributed by atoms with Crippen molar-refractivity contribution >= 4 is 23.5 Å². The number of nitrogens with two attached hydrogens (primary N) is 1. The molecule has 3 N–H and O–H groups in total. The maximum Gasteiger partial charge on any atom is 0.223 e. The van der Waals surface area contributed by atoms with Gasteiger partial charge in [-0.1, -0.05) is 46.6 Å². The van der Waals surface area contributed by atoms with Crippen LogP contribution in [-0.4, -0.2) is 33.4 Å². The average molecular weight is 481 g/mol. The van der Waals surface area contributed by atoms with E-state index in [0.717, 1.165) is 37.9 Å². The second kappa shape index (κ2) is 17.6. The number of hydrogen-bond acceptors (Lipinski definition) is 6. The number of nitrogens with zero attached hydrogens (tertiary/aromatic N) is 4. The van der Waals surface area contributed by atoms with Crippen molar-refractivity contribution in [2.45, 2.75) is 72.8 Å². The van der Waals surface area contributed by atoms with Crippen LogP contribution in [-0.2, 0) is 0 Å². The summed E-state index contributed by atoms with van der Waals surface area (Å²) in [5.74, 6) is 2.23. The second-order valence-corrected chi connectivity index (χ2v) is 9.78. The Bertz CT molecular complexity index is 914. The largest absolute Gasteiger partial charge is 0.385 e. The van der Waals surface area contributed by atoms with Crippen LogP contribution in [0.25, 0.3) is 0 Å². The fourth-order valence-corrected chi connectivity index (χ4v) is 4.03. The molecular weight excluding hydrogens is 440 g/mol. The molecule has 0 saturated heterocycles. The van der Waals surface area contributed by atoms with Crippen LogP contribution in [0.5, 0.6) is 0 Å². The molecule has 0 bridgehead atoms. The van der Waals surface area contributed by atoms with E-state index < -0.39 is 0 Å². The van der Waals surface area contributed by atoms with Crippen LogP contribution in [0.15, 0.2) is 70.0 Å². The fraction of sp³-hybridized carbons (Fsp3) is 0.481. The Kier molecular flexibility index (Phi) is 15.1. The first-order valence-corrected chi connectivity index (χ1v) is 12.9. The highest BCUT2D eigenvalue weighted by molar-refractivity contribution is 7.99. The molecular formula is C27H40N6S. The number of aromatic nitrogens is 2. The molecule has 0 radical (unpaired) electrons. The van der Waals surface area contributed by atoms with Gasteiger partial charge in [0.05, 0.1) is 6.04 Å². The Morgan fingerprint density at radius 1 is 1.06 bits per heavy atom. The first kappa shape index (κ1) is 29.2. The molecule has 1 unspecified atom stereocenters. The summed E-state index contributed by atoms with van der Waals surface area (Å²) in [6, 6.07) is 1.44. The predicted octanol–water partition coefficient (Wildman–Crippen LogP) is 6.58. The zero-order valence-corrected chi connectivity index (χ0v) is 22.2. The van der Waals surface area contributed by atoms with Gasteiger partial charge in [-0.05, 0) is 72.8 Å². The van der Waals surface area contributed by atoms with Gasteiger partial charge in [0.2, 0.25) is 12.1 Å². The Balaban J connectivity index is 2.69. The van der Waals surface area contributed by atoms with Crippen LogP contribution < -0.4 is 11.1 Å². The van der Waals surface area contributed by atoms with Crippen LogP contribution in [0.4, 0.5) is 5.95 Å². The maximum atomic E-state index is 8.89. The lowest BCUT2D eigenvalue weighted by molar-refractivity contribution is 0.899. The normalized spacial score (nSPS) is 13.1. The molecule has 1 aromatic rings. The van der Waals surface area contributed by atoms with Gasteiger partial charge in [0.15, 0.2) is 0 Å². The van der Waals surface area contributed by atoms with Crippen molar-refractivity contribution in [1.82, 2.24) is 9.97 Å². The van der Waals surface area contributed by atoms with Gasteiger partial charge in [0.25, 0.3) is 0 Å². The molecule has 0 amide bonds. The molecule has 0 saturated carbocycles. The van der Waals surface area contributed by atoms with Crippen molar-refractivity contribution < 1.29 is 0 Å². The molecule has 184 valence electrons. The highest BCUT2D eigenvalue weighted by Crippen LogP contribution is 2.17. The summed E-state index contributed by atoms with van der Waals surface area (Å²) in [7, 11) is 0. The summed E-state index contributed by atoms with van der Waals surface area (Å²) in [5.41, 5.74) is 11.6. The van der Waals surface area contributed by atoms with E-state index >= 15 is 0 Å². The first-order chi connectivity index (χ1) is 16.3. The Morgan fingerprint density at radius 2 is 1.74 bits per heavy atom. The number of hydrogen-bond donors (Lipinski definition) is 2. The van der Waals surface area contributed by atoms with Crippen LogP contribution in [0, 0.1) is 11.5 Å². The molecule has 1 aromatic heterocycles. The van der Waals surface area contributed by atoms with Gasteiger partial charge in [-0.15, -0.1) is 0 Å². The Labute approximate surface area is 210 Å². The lowest BCUT2D eigenvalue weighted by atomic mass is 10.0. The smallest absolute Gasteiger partial charge is 0.223 e. The molecule has 0 aliphatic carbocycles. The first-order valence-electron chi connectivity index (χ1n) is 11.8. The maximum absolute atomic E-state index is 8.89. The minimum atomic E-state index is -0.312. The summed E-state index contributed by atoms with van der Waals surface area (Å²) in [6.45, 7) is 10.8. The lowest BCUT2D eigenvalue weighted by Crippen LogP contribution is -2.38. The zero-order chi connectivity index (χ0) is 25.2. The van der Waals surface area contributed by atoms with Gasteiger partial charge in [0, 0.05) is 23.9 Å². The molecule has 7 heteroatoms. The van der Waals surface area contributed by atoms with Crippen LogP contribution in [0.2, 0.25) is 0 Å². The van der Waals surface area contributed by atoms with Crippen LogP contribution >= 0.6 is 11.8 Å². The third-order valence-corrected chi connectivity index (χ3v) is 5.97. The van der Waals surface area contributed by atoms with Crippen molar-refractivity contribution in [3.05, 3.63) is 65.1 Å². The van der Waals surface area contributed by atoms with E-state index in [1.165, 1.54) is 22.3 Å². The van der Waals surface area contributed by atoms with Crippen molar-refractivity contribution in [2.24, 2.45) is 10.7 Å². The predicted molar refractivity (Wildman–Crippen MR) is 148 cm³/mol. The van der Waals surface area contributed by atoms with E-state index in [0.29, 0.717) is 11.7 Å². The van der Waals surface area contributed by atoms with E-state index in [1.54, 1.807) is 36.4 Å². The number of thioether (sulfide) groups is 1. The molecule has 1 rings (SSSR count). The van der Waals surface area contributed by atoms with Gasteiger partial charge in [-0.25, -0.2) is 9.97 Å². The summed E-state index contributed by atoms with van der Waals surface area (Å²) < 4.78 is 0. The fourth-order valence-electron chi connectivity index (χ4n) is 3.05. The van der Waals surface area contributed by atoms with E-state index in [-0.39, 0.29) is 11.9 Å².